The van der Waals surface area contributed by atoms with Crippen LogP contribution in [0.2, 0.25) is 0 Å². The van der Waals surface area contributed by atoms with E-state index in [0.717, 1.165) is 0 Å². The summed E-state index contributed by atoms with van der Waals surface area (Å²) in [6.07, 6.45) is -2.99. The van der Waals surface area contributed by atoms with Gasteiger partial charge in [0.2, 0.25) is 0 Å². The minimum atomic E-state index is -0.968. The van der Waals surface area contributed by atoms with Crippen LogP contribution in [0.25, 0.3) is 0 Å². The van der Waals surface area contributed by atoms with Crippen LogP contribution in [-0.4, -0.2) is 60.4 Å². The molecule has 2 aliphatic rings. The summed E-state index contributed by atoms with van der Waals surface area (Å²) in [7, 11) is 0. The maximum Gasteiger partial charge on any atom is 0.156 e. The number of aliphatic hydroxyl groups is 2. The van der Waals surface area contributed by atoms with E-state index in [1.807, 2.05) is 0 Å². The quantitative estimate of drug-likeness (QED) is 0.653. The van der Waals surface area contributed by atoms with Gasteiger partial charge in [0.05, 0.1) is 13.2 Å². The first-order valence-corrected chi connectivity index (χ1v) is 5.48. The van der Waals surface area contributed by atoms with E-state index >= 15 is 0 Å². The highest BCUT2D eigenvalue weighted by Gasteiger charge is 2.45. The molecule has 0 amide bonds. The Labute approximate surface area is 94.1 Å². The van der Waals surface area contributed by atoms with Crippen molar-refractivity contribution in [3.05, 3.63) is 0 Å². The molecule has 0 aromatic rings. The molecule has 0 aliphatic carbocycles. The second kappa shape index (κ2) is 4.95. The van der Waals surface area contributed by atoms with E-state index in [1.165, 1.54) is 0 Å². The van der Waals surface area contributed by atoms with Gasteiger partial charge in [0.25, 0.3) is 0 Å². The Morgan fingerprint density at radius 1 is 1.19 bits per heavy atom. The van der Waals surface area contributed by atoms with Crippen LogP contribution >= 0.6 is 0 Å². The van der Waals surface area contributed by atoms with Crippen LogP contribution in [0.4, 0.5) is 0 Å². The van der Waals surface area contributed by atoms with Crippen LogP contribution in [0, 0.1) is 0 Å². The molecular weight excluding hydrogens is 216 g/mol. The van der Waals surface area contributed by atoms with E-state index in [9.17, 15) is 5.11 Å². The van der Waals surface area contributed by atoms with Crippen molar-refractivity contribution in [1.82, 2.24) is 0 Å². The first-order valence-electron chi connectivity index (χ1n) is 5.48. The Bertz CT molecular complexity index is 233. The molecule has 0 bridgehead atoms. The van der Waals surface area contributed by atoms with E-state index < -0.39 is 24.6 Å². The van der Waals surface area contributed by atoms with Gasteiger partial charge < -0.3 is 29.2 Å². The van der Waals surface area contributed by atoms with E-state index in [2.05, 4.69) is 0 Å². The van der Waals surface area contributed by atoms with Crippen molar-refractivity contribution < 1.29 is 29.2 Å². The van der Waals surface area contributed by atoms with Crippen molar-refractivity contribution in [1.29, 1.82) is 0 Å². The molecule has 2 rings (SSSR count). The molecule has 6 nitrogen and oxygen atoms in total. The standard InChI is InChI=1S/C10H18O6/c1-5-13-4-8-10(15-5)9(7(12)3-11)16-6(2)14-8/h5-12H,3-4H2,1-2H3/t5-,6+,7+,8+,9-,10-/m0/s1. The third-order valence-corrected chi connectivity index (χ3v) is 2.82. The highest BCUT2D eigenvalue weighted by atomic mass is 16.8. The van der Waals surface area contributed by atoms with Crippen LogP contribution in [-0.2, 0) is 18.9 Å². The topological polar surface area (TPSA) is 77.4 Å². The van der Waals surface area contributed by atoms with Gasteiger partial charge in [0, 0.05) is 0 Å². The average Bonchev–Trinajstić information content (AvgIpc) is 2.27. The zero-order valence-electron chi connectivity index (χ0n) is 9.41. The Balaban J connectivity index is 2.08. The molecule has 2 heterocycles. The SMILES string of the molecule is C[C@H]1OC[C@H]2O[C@@H](C)O[C@@H]([C@H](O)CO)[C@H]2O1. The van der Waals surface area contributed by atoms with Gasteiger partial charge in [0.1, 0.15) is 24.4 Å². The molecule has 2 fully saturated rings. The smallest absolute Gasteiger partial charge is 0.156 e. The number of aliphatic hydroxyl groups excluding tert-OH is 2. The summed E-state index contributed by atoms with van der Waals surface area (Å²) in [6.45, 7) is 3.56. The van der Waals surface area contributed by atoms with Gasteiger partial charge in [-0.1, -0.05) is 0 Å². The van der Waals surface area contributed by atoms with Crippen LogP contribution in [0.5, 0.6) is 0 Å². The molecule has 0 unspecified atom stereocenters. The molecule has 16 heavy (non-hydrogen) atoms. The van der Waals surface area contributed by atoms with Crippen molar-refractivity contribution in [2.45, 2.75) is 50.8 Å². The maximum absolute atomic E-state index is 9.67. The first kappa shape index (κ1) is 12.2. The number of fused-ring (bicyclic) bond motifs is 1. The lowest BCUT2D eigenvalue weighted by molar-refractivity contribution is -0.361. The lowest BCUT2D eigenvalue weighted by Gasteiger charge is -2.45. The summed E-state index contributed by atoms with van der Waals surface area (Å²) in [4.78, 5) is 0. The fraction of sp³-hybridized carbons (Fsp3) is 1.00. The third kappa shape index (κ3) is 2.37. The lowest BCUT2D eigenvalue weighted by Crippen LogP contribution is -2.60. The highest BCUT2D eigenvalue weighted by Crippen LogP contribution is 2.28. The number of rotatable bonds is 2. The summed E-state index contributed by atoms with van der Waals surface area (Å²) in [5.74, 6) is 0. The van der Waals surface area contributed by atoms with Gasteiger partial charge in [-0.25, -0.2) is 0 Å². The Morgan fingerprint density at radius 3 is 2.62 bits per heavy atom. The maximum atomic E-state index is 9.67. The molecule has 2 saturated heterocycles. The second-order valence-corrected chi connectivity index (χ2v) is 4.09. The van der Waals surface area contributed by atoms with Crippen molar-refractivity contribution in [3.8, 4) is 0 Å². The Hall–Kier alpha value is -0.240. The van der Waals surface area contributed by atoms with Crippen molar-refractivity contribution in [2.75, 3.05) is 13.2 Å². The van der Waals surface area contributed by atoms with Crippen LogP contribution < -0.4 is 0 Å². The summed E-state index contributed by atoms with van der Waals surface area (Å²) >= 11 is 0. The largest absolute Gasteiger partial charge is 0.394 e. The Morgan fingerprint density at radius 2 is 1.94 bits per heavy atom. The molecule has 0 aromatic heterocycles. The minimum Gasteiger partial charge on any atom is -0.394 e. The summed E-state index contributed by atoms with van der Waals surface area (Å²) < 4.78 is 21.8. The average molecular weight is 234 g/mol. The minimum absolute atomic E-state index is 0.258. The molecule has 2 aliphatic heterocycles. The lowest BCUT2D eigenvalue weighted by atomic mass is 10.0. The molecule has 6 heteroatoms. The number of ether oxygens (including phenoxy) is 4. The van der Waals surface area contributed by atoms with Gasteiger partial charge >= 0.3 is 0 Å². The fourth-order valence-corrected chi connectivity index (χ4v) is 2.07. The highest BCUT2D eigenvalue weighted by molar-refractivity contribution is 4.89. The molecule has 6 atom stereocenters. The van der Waals surface area contributed by atoms with Gasteiger partial charge in [-0.15, -0.1) is 0 Å². The molecule has 0 spiro atoms. The zero-order chi connectivity index (χ0) is 11.7. The Kier molecular flexibility index (Phi) is 3.78. The number of hydrogen-bond donors (Lipinski definition) is 2. The number of hydrogen-bond acceptors (Lipinski definition) is 6. The predicted octanol–water partition coefficient (Wildman–Crippen LogP) is -0.769. The van der Waals surface area contributed by atoms with Crippen LogP contribution in [0.15, 0.2) is 0 Å². The fourth-order valence-electron chi connectivity index (χ4n) is 2.07. The summed E-state index contributed by atoms with van der Waals surface area (Å²) in [6, 6.07) is 0. The van der Waals surface area contributed by atoms with E-state index in [-0.39, 0.29) is 19.0 Å². The molecular formula is C10H18O6. The molecule has 0 saturated carbocycles. The van der Waals surface area contributed by atoms with Gasteiger partial charge in [-0.3, -0.25) is 0 Å². The van der Waals surface area contributed by atoms with E-state index in [4.69, 9.17) is 24.1 Å². The summed E-state index contributed by atoms with van der Waals surface area (Å²) in [5, 5.41) is 18.6. The van der Waals surface area contributed by atoms with Crippen molar-refractivity contribution in [2.24, 2.45) is 0 Å². The van der Waals surface area contributed by atoms with E-state index in [0.29, 0.717) is 6.61 Å². The zero-order valence-corrected chi connectivity index (χ0v) is 9.41. The molecule has 0 aromatic carbocycles. The molecule has 94 valence electrons. The van der Waals surface area contributed by atoms with Crippen LogP contribution in [0.1, 0.15) is 13.8 Å². The molecule has 0 radical (unpaired) electrons. The van der Waals surface area contributed by atoms with Crippen molar-refractivity contribution in [3.63, 3.8) is 0 Å². The third-order valence-electron chi connectivity index (χ3n) is 2.82. The van der Waals surface area contributed by atoms with Crippen molar-refractivity contribution >= 4 is 0 Å². The van der Waals surface area contributed by atoms with Gasteiger partial charge in [-0.05, 0) is 13.8 Å². The monoisotopic (exact) mass is 234 g/mol. The second-order valence-electron chi connectivity index (χ2n) is 4.09. The summed E-state index contributed by atoms with van der Waals surface area (Å²) in [5.41, 5.74) is 0. The normalized spacial score (nSPS) is 46.1. The van der Waals surface area contributed by atoms with Crippen LogP contribution in [0.3, 0.4) is 0 Å². The first-order chi connectivity index (χ1) is 7.61. The van der Waals surface area contributed by atoms with E-state index in [1.54, 1.807) is 13.8 Å². The van der Waals surface area contributed by atoms with Gasteiger partial charge in [-0.2, -0.15) is 0 Å². The predicted molar refractivity (Wildman–Crippen MR) is 52.6 cm³/mol. The molecule has 2 N–H and O–H groups in total. The van der Waals surface area contributed by atoms with Gasteiger partial charge in [0.15, 0.2) is 12.6 Å².